The molecule has 0 aliphatic heterocycles. The Bertz CT molecular complexity index is 418. The van der Waals surface area contributed by atoms with Gasteiger partial charge in [-0.25, -0.2) is 8.78 Å². The lowest BCUT2D eigenvalue weighted by atomic mass is 10.1. The van der Waals surface area contributed by atoms with Gasteiger partial charge in [-0.15, -0.1) is 0 Å². The van der Waals surface area contributed by atoms with E-state index in [1.165, 1.54) is 18.2 Å². The summed E-state index contributed by atoms with van der Waals surface area (Å²) in [6.07, 6.45) is 1.01. The van der Waals surface area contributed by atoms with E-state index in [2.05, 4.69) is 10.3 Å². The highest BCUT2D eigenvalue weighted by Gasteiger charge is 2.07. The molecule has 1 aromatic rings. The molecule has 0 bridgehead atoms. The van der Waals surface area contributed by atoms with E-state index in [4.69, 9.17) is 10.5 Å². The third-order valence-electron chi connectivity index (χ3n) is 2.68. The Hall–Kier alpha value is -1.69. The van der Waals surface area contributed by atoms with E-state index in [-0.39, 0.29) is 17.9 Å². The summed E-state index contributed by atoms with van der Waals surface area (Å²) in [5.41, 5.74) is 5.70. The van der Waals surface area contributed by atoms with E-state index in [9.17, 15) is 8.78 Å². The molecule has 0 amide bonds. The zero-order chi connectivity index (χ0) is 14.8. The Morgan fingerprint density at radius 3 is 2.70 bits per heavy atom. The molecule has 1 aromatic carbocycles. The third kappa shape index (κ3) is 5.97. The lowest BCUT2D eigenvalue weighted by Gasteiger charge is -2.07. The van der Waals surface area contributed by atoms with Gasteiger partial charge in [-0.2, -0.15) is 0 Å². The number of nitrogens with two attached hydrogens (primary N) is 1. The number of guanidine groups is 1. The Morgan fingerprint density at radius 2 is 2.05 bits per heavy atom. The summed E-state index contributed by atoms with van der Waals surface area (Å²) >= 11 is 0. The molecule has 20 heavy (non-hydrogen) atoms. The summed E-state index contributed by atoms with van der Waals surface area (Å²) in [6, 6.07) is 3.82. The smallest absolute Gasteiger partial charge is 0.188 e. The predicted octanol–water partition coefficient (Wildman–Crippen LogP) is 1.84. The van der Waals surface area contributed by atoms with Crippen LogP contribution in [0.2, 0.25) is 0 Å². The van der Waals surface area contributed by atoms with Gasteiger partial charge in [0.05, 0.1) is 0 Å². The lowest BCUT2D eigenvalue weighted by molar-refractivity contribution is 0.146. The van der Waals surface area contributed by atoms with Gasteiger partial charge in [-0.3, -0.25) is 4.99 Å². The maximum Gasteiger partial charge on any atom is 0.188 e. The highest BCUT2D eigenvalue weighted by Crippen LogP contribution is 2.11. The summed E-state index contributed by atoms with van der Waals surface area (Å²) < 4.78 is 31.9. The van der Waals surface area contributed by atoms with E-state index in [1.807, 2.05) is 6.92 Å². The summed E-state index contributed by atoms with van der Waals surface area (Å²) in [5, 5.41) is 2.83. The average molecular weight is 285 g/mol. The van der Waals surface area contributed by atoms with E-state index < -0.39 is 11.6 Å². The van der Waals surface area contributed by atoms with E-state index in [1.54, 1.807) is 0 Å². The van der Waals surface area contributed by atoms with E-state index in [0.717, 1.165) is 6.42 Å². The van der Waals surface area contributed by atoms with Crippen LogP contribution in [0.3, 0.4) is 0 Å². The van der Waals surface area contributed by atoms with Crippen LogP contribution in [-0.2, 0) is 11.2 Å². The highest BCUT2D eigenvalue weighted by atomic mass is 19.1. The van der Waals surface area contributed by atoms with Gasteiger partial charge < -0.3 is 15.8 Å². The van der Waals surface area contributed by atoms with Crippen molar-refractivity contribution in [3.8, 4) is 0 Å². The van der Waals surface area contributed by atoms with Gasteiger partial charge in [0.1, 0.15) is 11.6 Å². The molecule has 1 rings (SSSR count). The summed E-state index contributed by atoms with van der Waals surface area (Å²) in [7, 11) is 0. The average Bonchev–Trinajstić information content (AvgIpc) is 2.42. The predicted molar refractivity (Wildman–Crippen MR) is 75.7 cm³/mol. The fourth-order valence-corrected chi connectivity index (χ4v) is 1.65. The van der Waals surface area contributed by atoms with Gasteiger partial charge in [0.15, 0.2) is 5.96 Å². The first-order valence-corrected chi connectivity index (χ1v) is 6.69. The monoisotopic (exact) mass is 285 g/mol. The molecule has 0 aromatic heterocycles. The minimum Gasteiger partial charge on any atom is -0.382 e. The fraction of sp³-hybridized carbons (Fsp3) is 0.500. The van der Waals surface area contributed by atoms with Gasteiger partial charge in [0.25, 0.3) is 0 Å². The Balaban J connectivity index is 2.28. The van der Waals surface area contributed by atoms with Crippen molar-refractivity contribution in [3.63, 3.8) is 0 Å². The minimum atomic E-state index is -0.543. The second-order valence-electron chi connectivity index (χ2n) is 4.19. The fourth-order valence-electron chi connectivity index (χ4n) is 1.65. The van der Waals surface area contributed by atoms with Crippen LogP contribution in [0, 0.1) is 11.6 Å². The molecule has 0 spiro atoms. The molecule has 0 aliphatic carbocycles. The van der Waals surface area contributed by atoms with Crippen molar-refractivity contribution in [1.29, 1.82) is 0 Å². The molecular weight excluding hydrogens is 264 g/mol. The van der Waals surface area contributed by atoms with Gasteiger partial charge in [-0.05, 0) is 31.9 Å². The van der Waals surface area contributed by atoms with E-state index >= 15 is 0 Å². The van der Waals surface area contributed by atoms with Crippen molar-refractivity contribution in [2.24, 2.45) is 10.7 Å². The SMILES string of the molecule is CCOCCCN=C(N)NCCc1c(F)cccc1F. The molecule has 0 fully saturated rings. The van der Waals surface area contributed by atoms with Crippen LogP contribution in [0.25, 0.3) is 0 Å². The molecule has 112 valence electrons. The molecule has 0 saturated carbocycles. The van der Waals surface area contributed by atoms with Gasteiger partial charge in [0, 0.05) is 31.9 Å². The van der Waals surface area contributed by atoms with Crippen molar-refractivity contribution in [3.05, 3.63) is 35.4 Å². The maximum atomic E-state index is 13.4. The number of benzene rings is 1. The molecule has 0 unspecified atom stereocenters. The minimum absolute atomic E-state index is 0.0594. The Kier molecular flexibility index (Phi) is 7.57. The van der Waals surface area contributed by atoms with Crippen molar-refractivity contribution in [1.82, 2.24) is 5.32 Å². The van der Waals surface area contributed by atoms with Crippen LogP contribution in [0.5, 0.6) is 0 Å². The van der Waals surface area contributed by atoms with Crippen molar-refractivity contribution < 1.29 is 13.5 Å². The zero-order valence-corrected chi connectivity index (χ0v) is 11.7. The second-order valence-corrected chi connectivity index (χ2v) is 4.19. The van der Waals surface area contributed by atoms with Crippen LogP contribution in [0.4, 0.5) is 8.78 Å². The van der Waals surface area contributed by atoms with Crippen LogP contribution in [0.15, 0.2) is 23.2 Å². The summed E-state index contributed by atoms with van der Waals surface area (Å²) in [4.78, 5) is 4.09. The van der Waals surface area contributed by atoms with Crippen molar-refractivity contribution in [2.75, 3.05) is 26.3 Å². The van der Waals surface area contributed by atoms with Crippen LogP contribution in [-0.4, -0.2) is 32.3 Å². The first-order chi connectivity index (χ1) is 9.65. The third-order valence-corrected chi connectivity index (χ3v) is 2.68. The number of hydrogen-bond acceptors (Lipinski definition) is 2. The molecule has 0 radical (unpaired) electrons. The number of halogens is 2. The summed E-state index contributed by atoms with van der Waals surface area (Å²) in [6.45, 7) is 4.16. The molecule has 0 aliphatic rings. The number of rotatable bonds is 8. The number of hydrogen-bond donors (Lipinski definition) is 2. The normalized spacial score (nSPS) is 11.7. The Morgan fingerprint density at radius 1 is 1.35 bits per heavy atom. The van der Waals surface area contributed by atoms with Crippen LogP contribution < -0.4 is 11.1 Å². The maximum absolute atomic E-state index is 13.4. The molecule has 6 heteroatoms. The van der Waals surface area contributed by atoms with Gasteiger partial charge >= 0.3 is 0 Å². The highest BCUT2D eigenvalue weighted by molar-refractivity contribution is 5.77. The van der Waals surface area contributed by atoms with Crippen molar-refractivity contribution in [2.45, 2.75) is 19.8 Å². The molecule has 0 saturated heterocycles. The first-order valence-electron chi connectivity index (χ1n) is 6.69. The largest absolute Gasteiger partial charge is 0.382 e. The number of aliphatic imine (C=N–C) groups is 1. The topological polar surface area (TPSA) is 59.6 Å². The standard InChI is InChI=1S/C14H21F2N3O/c1-2-20-10-4-8-18-14(17)19-9-7-11-12(15)5-3-6-13(11)16/h3,5-6H,2,4,7-10H2,1H3,(H3,17,18,19). The van der Waals surface area contributed by atoms with Crippen LogP contribution in [0.1, 0.15) is 18.9 Å². The Labute approximate surface area is 118 Å². The van der Waals surface area contributed by atoms with Gasteiger partial charge in [0.2, 0.25) is 0 Å². The lowest BCUT2D eigenvalue weighted by Crippen LogP contribution is -2.33. The molecule has 0 atom stereocenters. The van der Waals surface area contributed by atoms with Gasteiger partial charge in [-0.1, -0.05) is 6.07 Å². The second kappa shape index (κ2) is 9.25. The first kappa shape index (κ1) is 16.4. The quantitative estimate of drug-likeness (QED) is 0.435. The molecule has 0 heterocycles. The summed E-state index contributed by atoms with van der Waals surface area (Å²) in [5.74, 6) is -0.809. The van der Waals surface area contributed by atoms with Crippen LogP contribution >= 0.6 is 0 Å². The van der Waals surface area contributed by atoms with Crippen molar-refractivity contribution >= 4 is 5.96 Å². The molecule has 4 nitrogen and oxygen atoms in total. The number of ether oxygens (including phenoxy) is 1. The van der Waals surface area contributed by atoms with E-state index in [0.29, 0.717) is 26.3 Å². The number of nitrogens with one attached hydrogen (secondary N) is 1. The molecular formula is C14H21F2N3O. The molecule has 3 N–H and O–H groups in total. The zero-order valence-electron chi connectivity index (χ0n) is 11.7. The number of nitrogens with zero attached hydrogens (tertiary/aromatic N) is 1.